The number of hydrogen-bond donors (Lipinski definition) is 3. The largest absolute Gasteiger partial charge is 0.497 e. The minimum absolute atomic E-state index is 0.00842. The molecule has 0 saturated heterocycles. The van der Waals surface area contributed by atoms with Gasteiger partial charge in [-0.1, -0.05) is 12.1 Å². The second kappa shape index (κ2) is 11.2. The summed E-state index contributed by atoms with van der Waals surface area (Å²) in [5.41, 5.74) is 1.09. The molecule has 128 valence electrons. The smallest absolute Gasteiger partial charge is 0.328 e. The van der Waals surface area contributed by atoms with Gasteiger partial charge in [0, 0.05) is 32.9 Å². The molecule has 8 heteroatoms. The van der Waals surface area contributed by atoms with Crippen LogP contribution in [-0.2, 0) is 14.3 Å². The molecule has 0 radical (unpaired) electrons. The Morgan fingerprint density at radius 2 is 1.65 bits per heavy atom. The fourth-order valence-electron chi connectivity index (χ4n) is 1.54. The highest BCUT2D eigenvalue weighted by Crippen LogP contribution is 2.20. The maximum atomic E-state index is 9.55. The van der Waals surface area contributed by atoms with Crippen LogP contribution in [0.25, 0.3) is 0 Å². The van der Waals surface area contributed by atoms with Crippen molar-refractivity contribution >= 4 is 11.9 Å². The molecule has 1 unspecified atom stereocenters. The molecule has 0 fully saturated rings. The number of ether oxygens (including phenoxy) is 2. The predicted molar refractivity (Wildman–Crippen MR) is 84.0 cm³/mol. The quantitative estimate of drug-likeness (QED) is 0.384. The summed E-state index contributed by atoms with van der Waals surface area (Å²) in [7, 11) is 5.14. The number of rotatable bonds is 7. The third-order valence-electron chi connectivity index (χ3n) is 2.59. The second-order valence-electron chi connectivity index (χ2n) is 4.45. The van der Waals surface area contributed by atoms with Crippen LogP contribution in [0.3, 0.4) is 0 Å². The number of aliphatic carboxylic acids is 2. The monoisotopic (exact) mass is 326 g/mol. The number of nitrogens with two attached hydrogens (primary N) is 1. The van der Waals surface area contributed by atoms with Crippen LogP contribution in [0.2, 0.25) is 0 Å². The van der Waals surface area contributed by atoms with Crippen LogP contribution in [0, 0.1) is 0 Å². The molecule has 0 aliphatic heterocycles. The Kier molecular flexibility index (Phi) is 10.0. The van der Waals surface area contributed by atoms with E-state index in [2.05, 4.69) is 0 Å². The molecule has 0 spiro atoms. The lowest BCUT2D eigenvalue weighted by molar-refractivity contribution is -0.134. The van der Waals surface area contributed by atoms with Gasteiger partial charge in [0.25, 0.3) is 0 Å². The van der Waals surface area contributed by atoms with Gasteiger partial charge in [-0.05, 0) is 17.7 Å². The van der Waals surface area contributed by atoms with Crippen molar-refractivity contribution in [1.29, 1.82) is 0 Å². The Bertz CT molecular complexity index is 497. The number of carboxylic acid groups (broad SMARTS) is 2. The molecule has 4 N–H and O–H groups in total. The van der Waals surface area contributed by atoms with Crippen molar-refractivity contribution in [3.63, 3.8) is 0 Å². The molecule has 0 saturated carbocycles. The fourth-order valence-corrected chi connectivity index (χ4v) is 1.54. The van der Waals surface area contributed by atoms with Crippen LogP contribution < -0.4 is 10.6 Å². The van der Waals surface area contributed by atoms with E-state index in [0.29, 0.717) is 18.7 Å². The summed E-state index contributed by atoms with van der Waals surface area (Å²) in [6, 6.07) is 7.79. The lowest BCUT2D eigenvalue weighted by Gasteiger charge is -2.19. The molecule has 8 nitrogen and oxygen atoms in total. The summed E-state index contributed by atoms with van der Waals surface area (Å²) in [6.45, 7) is 0.656. The molecular formula is C15H22N2O6. The van der Waals surface area contributed by atoms with Crippen molar-refractivity contribution in [3.05, 3.63) is 42.0 Å². The minimum Gasteiger partial charge on any atom is -0.497 e. The Hall–Kier alpha value is -2.42. The Labute approximate surface area is 134 Å². The van der Waals surface area contributed by atoms with Crippen LogP contribution >= 0.6 is 0 Å². The Morgan fingerprint density at radius 1 is 1.17 bits per heavy atom. The third kappa shape index (κ3) is 10.0. The van der Waals surface area contributed by atoms with Crippen molar-refractivity contribution in [3.8, 4) is 5.75 Å². The van der Waals surface area contributed by atoms with E-state index in [-0.39, 0.29) is 6.10 Å². The highest BCUT2D eigenvalue weighted by atomic mass is 16.5. The van der Waals surface area contributed by atoms with Gasteiger partial charge in [-0.2, -0.15) is 0 Å². The van der Waals surface area contributed by atoms with Gasteiger partial charge in [0.1, 0.15) is 5.75 Å². The molecule has 0 amide bonds. The van der Waals surface area contributed by atoms with E-state index in [0.717, 1.165) is 11.3 Å². The molecule has 0 aliphatic carbocycles. The minimum atomic E-state index is -1.26. The van der Waals surface area contributed by atoms with Crippen molar-refractivity contribution in [2.24, 2.45) is 5.84 Å². The zero-order chi connectivity index (χ0) is 17.8. The molecule has 0 bridgehead atoms. The van der Waals surface area contributed by atoms with Gasteiger partial charge in [0.2, 0.25) is 0 Å². The lowest BCUT2D eigenvalue weighted by Crippen LogP contribution is -2.31. The topological polar surface area (TPSA) is 122 Å². The van der Waals surface area contributed by atoms with Crippen LogP contribution in [-0.4, -0.2) is 55.0 Å². The number of likely N-dealkylation sites (N-methyl/N-ethyl adjacent to an activating group) is 1. The summed E-state index contributed by atoms with van der Waals surface area (Å²) in [4.78, 5) is 19.1. The molecule has 1 rings (SSSR count). The highest BCUT2D eigenvalue weighted by Gasteiger charge is 2.11. The van der Waals surface area contributed by atoms with Gasteiger partial charge >= 0.3 is 11.9 Å². The van der Waals surface area contributed by atoms with E-state index in [1.807, 2.05) is 31.3 Å². The van der Waals surface area contributed by atoms with Crippen LogP contribution in [0.4, 0.5) is 0 Å². The number of carbonyl (C=O) groups is 2. The third-order valence-corrected chi connectivity index (χ3v) is 2.59. The van der Waals surface area contributed by atoms with Gasteiger partial charge in [0.15, 0.2) is 0 Å². The first-order valence-corrected chi connectivity index (χ1v) is 6.56. The number of methoxy groups -OCH3 is 2. The Morgan fingerprint density at radius 3 is 1.96 bits per heavy atom. The van der Waals surface area contributed by atoms with Gasteiger partial charge in [-0.15, -0.1) is 0 Å². The first-order valence-electron chi connectivity index (χ1n) is 6.56. The molecule has 23 heavy (non-hydrogen) atoms. The summed E-state index contributed by atoms with van der Waals surface area (Å²) in [5.74, 6) is 3.92. The van der Waals surface area contributed by atoms with Crippen molar-refractivity contribution in [2.45, 2.75) is 6.10 Å². The molecule has 1 aromatic rings. The van der Waals surface area contributed by atoms with Crippen molar-refractivity contribution in [1.82, 2.24) is 5.01 Å². The van der Waals surface area contributed by atoms with Crippen molar-refractivity contribution < 1.29 is 29.3 Å². The highest BCUT2D eigenvalue weighted by molar-refractivity contribution is 5.89. The van der Waals surface area contributed by atoms with E-state index in [9.17, 15) is 9.59 Å². The first-order chi connectivity index (χ1) is 10.8. The van der Waals surface area contributed by atoms with E-state index in [1.54, 1.807) is 19.2 Å². The van der Waals surface area contributed by atoms with Gasteiger partial charge in [-0.3, -0.25) is 5.84 Å². The average Bonchev–Trinajstić information content (AvgIpc) is 2.51. The second-order valence-corrected chi connectivity index (χ2v) is 4.45. The van der Waals surface area contributed by atoms with E-state index >= 15 is 0 Å². The fraction of sp³-hybridized carbons (Fsp3) is 0.333. The van der Waals surface area contributed by atoms with Gasteiger partial charge in [-0.25, -0.2) is 14.6 Å². The molecule has 1 aromatic carbocycles. The summed E-state index contributed by atoms with van der Waals surface area (Å²) in [5, 5.41) is 17.2. The molecule has 0 heterocycles. The molecule has 0 aromatic heterocycles. The maximum absolute atomic E-state index is 9.55. The summed E-state index contributed by atoms with van der Waals surface area (Å²) in [6.07, 6.45) is 1.11. The number of hydrogen-bond acceptors (Lipinski definition) is 6. The van der Waals surface area contributed by atoms with Crippen LogP contribution in [0.1, 0.15) is 11.7 Å². The predicted octanol–water partition coefficient (Wildman–Crippen LogP) is 0.900. The standard InChI is InChI=1S/C11H18N2O2.C4H4O4/c1-13(12)8-11(15-3)9-4-6-10(14-2)7-5-9;5-3(6)1-2-4(7)8/h4-7,11H,8,12H2,1-3H3;1-2H,(H,5,6)(H,7,8)/b;2-1+. The zero-order valence-corrected chi connectivity index (χ0v) is 13.3. The number of benzene rings is 1. The number of carboxylic acids is 2. The van der Waals surface area contributed by atoms with Crippen LogP contribution in [0.5, 0.6) is 5.75 Å². The lowest BCUT2D eigenvalue weighted by atomic mass is 10.1. The summed E-state index contributed by atoms with van der Waals surface area (Å²) >= 11 is 0. The SMILES string of the molecule is COc1ccc(C(CN(C)N)OC)cc1.O=C(O)/C=C/C(=O)O. The Balaban J connectivity index is 0.000000515. The van der Waals surface area contributed by atoms with E-state index in [1.165, 1.54) is 0 Å². The van der Waals surface area contributed by atoms with Crippen molar-refractivity contribution in [2.75, 3.05) is 27.8 Å². The summed E-state index contributed by atoms with van der Waals surface area (Å²) < 4.78 is 10.4. The average molecular weight is 326 g/mol. The molecule has 1 atom stereocenters. The number of hydrazine groups is 1. The molecular weight excluding hydrogens is 304 g/mol. The van der Waals surface area contributed by atoms with E-state index in [4.69, 9.17) is 25.5 Å². The number of nitrogens with zero attached hydrogens (tertiary/aromatic N) is 1. The molecule has 0 aliphatic rings. The first kappa shape index (κ1) is 20.6. The maximum Gasteiger partial charge on any atom is 0.328 e. The van der Waals surface area contributed by atoms with E-state index < -0.39 is 11.9 Å². The normalized spacial score (nSPS) is 11.7. The zero-order valence-electron chi connectivity index (χ0n) is 13.3. The van der Waals surface area contributed by atoms with Gasteiger partial charge < -0.3 is 19.7 Å². The van der Waals surface area contributed by atoms with Crippen LogP contribution in [0.15, 0.2) is 36.4 Å². The van der Waals surface area contributed by atoms with Gasteiger partial charge in [0.05, 0.1) is 13.2 Å².